The molecule has 3 heteroatoms. The van der Waals surface area contributed by atoms with Gasteiger partial charge >= 0.3 is 0 Å². The van der Waals surface area contributed by atoms with Gasteiger partial charge in [-0.3, -0.25) is 4.98 Å². The van der Waals surface area contributed by atoms with Crippen LogP contribution >= 0.6 is 0 Å². The van der Waals surface area contributed by atoms with E-state index in [-0.39, 0.29) is 0 Å². The third-order valence-corrected chi connectivity index (χ3v) is 1.57. The Bertz CT molecular complexity index is 426. The van der Waals surface area contributed by atoms with Gasteiger partial charge in [-0.2, -0.15) is 0 Å². The summed E-state index contributed by atoms with van der Waals surface area (Å²) in [6.45, 7) is 3.39. The first-order valence-electron chi connectivity index (χ1n) is 4.36. The van der Waals surface area contributed by atoms with E-state index in [0.717, 1.165) is 23.0 Å². The first kappa shape index (κ1) is 10.3. The molecular formula is C11H12N2O. The highest BCUT2D eigenvalue weighted by Gasteiger charge is 1.92. The largest absolute Gasteiger partial charge is 0.304 e. The molecule has 2 aromatic rings. The molecule has 0 bridgehead atoms. The van der Waals surface area contributed by atoms with Gasteiger partial charge in [-0.05, 0) is 26.0 Å². The maximum atomic E-state index is 8.81. The summed E-state index contributed by atoms with van der Waals surface area (Å²) in [5.74, 6) is 0. The quantitative estimate of drug-likeness (QED) is 0.595. The van der Waals surface area contributed by atoms with Crippen molar-refractivity contribution in [2.75, 3.05) is 0 Å². The van der Waals surface area contributed by atoms with Crippen LogP contribution in [0.25, 0.3) is 11.0 Å². The van der Waals surface area contributed by atoms with Crippen LogP contribution in [0.4, 0.5) is 0 Å². The van der Waals surface area contributed by atoms with Gasteiger partial charge in [0.2, 0.25) is 0 Å². The van der Waals surface area contributed by atoms with Gasteiger partial charge in [-0.1, -0.05) is 12.1 Å². The fourth-order valence-corrected chi connectivity index (χ4v) is 1.05. The maximum Gasteiger partial charge on any atom is 0.116 e. The van der Waals surface area contributed by atoms with Crippen molar-refractivity contribution >= 4 is 17.3 Å². The number of aldehydes is 1. The van der Waals surface area contributed by atoms with Crippen molar-refractivity contribution in [2.24, 2.45) is 0 Å². The van der Waals surface area contributed by atoms with Crippen molar-refractivity contribution in [1.29, 1.82) is 0 Å². The van der Waals surface area contributed by atoms with E-state index in [0.29, 0.717) is 0 Å². The van der Waals surface area contributed by atoms with Gasteiger partial charge in [0.1, 0.15) is 6.29 Å². The van der Waals surface area contributed by atoms with E-state index >= 15 is 0 Å². The summed E-state index contributed by atoms with van der Waals surface area (Å²) < 4.78 is 0. The fraction of sp³-hybridized carbons (Fsp3) is 0.182. The van der Waals surface area contributed by atoms with Crippen molar-refractivity contribution in [3.63, 3.8) is 0 Å². The molecule has 2 rings (SSSR count). The van der Waals surface area contributed by atoms with Crippen molar-refractivity contribution in [1.82, 2.24) is 9.97 Å². The highest BCUT2D eigenvalue weighted by atomic mass is 16.1. The van der Waals surface area contributed by atoms with E-state index < -0.39 is 0 Å². The first-order valence-corrected chi connectivity index (χ1v) is 4.36. The summed E-state index contributed by atoms with van der Waals surface area (Å²) in [5.41, 5.74) is 2.88. The van der Waals surface area contributed by atoms with Crippen molar-refractivity contribution < 1.29 is 4.79 Å². The monoisotopic (exact) mass is 188 g/mol. The number of aromatic nitrogens is 2. The highest BCUT2D eigenvalue weighted by Crippen LogP contribution is 2.06. The van der Waals surface area contributed by atoms with E-state index in [4.69, 9.17) is 4.79 Å². The molecule has 0 saturated heterocycles. The molecule has 14 heavy (non-hydrogen) atoms. The van der Waals surface area contributed by atoms with Crippen molar-refractivity contribution in [3.8, 4) is 0 Å². The normalized spacial score (nSPS) is 9.00. The zero-order chi connectivity index (χ0) is 10.4. The average molecular weight is 188 g/mol. The summed E-state index contributed by atoms with van der Waals surface area (Å²) in [6.07, 6.45) is 2.53. The smallest absolute Gasteiger partial charge is 0.116 e. The average Bonchev–Trinajstić information content (AvgIpc) is 2.19. The SMILES string of the molecule is CC=O.Cc1cnc2ccccc2n1. The minimum absolute atomic E-state index is 0.750. The fourth-order valence-electron chi connectivity index (χ4n) is 1.05. The van der Waals surface area contributed by atoms with Crippen molar-refractivity contribution in [2.45, 2.75) is 13.8 Å². The summed E-state index contributed by atoms with van der Waals surface area (Å²) in [4.78, 5) is 17.3. The summed E-state index contributed by atoms with van der Waals surface area (Å²) >= 11 is 0. The lowest BCUT2D eigenvalue weighted by atomic mass is 10.3. The second-order valence-corrected chi connectivity index (χ2v) is 2.74. The van der Waals surface area contributed by atoms with Crippen LogP contribution in [-0.4, -0.2) is 16.3 Å². The van der Waals surface area contributed by atoms with Crippen LogP contribution in [0.3, 0.4) is 0 Å². The summed E-state index contributed by atoms with van der Waals surface area (Å²) in [6, 6.07) is 7.86. The Morgan fingerprint density at radius 1 is 1.21 bits per heavy atom. The highest BCUT2D eigenvalue weighted by molar-refractivity contribution is 5.73. The van der Waals surface area contributed by atoms with E-state index in [9.17, 15) is 0 Å². The zero-order valence-electron chi connectivity index (χ0n) is 8.27. The molecule has 0 aliphatic heterocycles. The van der Waals surface area contributed by atoms with E-state index in [1.807, 2.05) is 31.2 Å². The Balaban J connectivity index is 0.000000293. The predicted octanol–water partition coefficient (Wildman–Crippen LogP) is 2.14. The number of carbonyl (C=O) groups excluding carboxylic acids is 1. The number of benzene rings is 1. The first-order chi connectivity index (χ1) is 6.77. The molecule has 0 atom stereocenters. The molecule has 0 N–H and O–H groups in total. The van der Waals surface area contributed by atoms with Gasteiger partial charge in [0.15, 0.2) is 0 Å². The molecule has 72 valence electrons. The molecule has 0 fully saturated rings. The number of para-hydroxylation sites is 2. The summed E-state index contributed by atoms with van der Waals surface area (Å²) in [5, 5.41) is 0. The lowest BCUT2D eigenvalue weighted by molar-refractivity contribution is -0.106. The van der Waals surface area contributed by atoms with E-state index in [1.165, 1.54) is 6.92 Å². The van der Waals surface area contributed by atoms with Gasteiger partial charge in [-0.25, -0.2) is 4.98 Å². The number of fused-ring (bicyclic) bond motifs is 1. The van der Waals surface area contributed by atoms with Crippen LogP contribution in [0.5, 0.6) is 0 Å². The van der Waals surface area contributed by atoms with Crippen LogP contribution in [0.2, 0.25) is 0 Å². The zero-order valence-corrected chi connectivity index (χ0v) is 8.27. The number of rotatable bonds is 0. The van der Waals surface area contributed by atoms with Gasteiger partial charge in [0, 0.05) is 6.20 Å². The Morgan fingerprint density at radius 3 is 2.43 bits per heavy atom. The second kappa shape index (κ2) is 5.07. The van der Waals surface area contributed by atoms with Crippen LogP contribution in [0.15, 0.2) is 30.5 Å². The maximum absolute atomic E-state index is 8.81. The second-order valence-electron chi connectivity index (χ2n) is 2.74. The number of nitrogens with zero attached hydrogens (tertiary/aromatic N) is 2. The Kier molecular flexibility index (Phi) is 3.73. The lowest BCUT2D eigenvalue weighted by Gasteiger charge is -1.95. The number of hydrogen-bond donors (Lipinski definition) is 0. The third-order valence-electron chi connectivity index (χ3n) is 1.57. The molecule has 3 nitrogen and oxygen atoms in total. The van der Waals surface area contributed by atoms with Gasteiger partial charge < -0.3 is 4.79 Å². The molecule has 0 amide bonds. The third kappa shape index (κ3) is 2.62. The molecule has 0 saturated carbocycles. The molecule has 0 aliphatic rings. The van der Waals surface area contributed by atoms with Crippen LogP contribution in [-0.2, 0) is 4.79 Å². The van der Waals surface area contributed by atoms with Crippen LogP contribution in [0.1, 0.15) is 12.6 Å². The minimum Gasteiger partial charge on any atom is -0.304 e. The minimum atomic E-state index is 0.750. The van der Waals surface area contributed by atoms with E-state index in [2.05, 4.69) is 9.97 Å². The molecule has 1 aromatic heterocycles. The molecular weight excluding hydrogens is 176 g/mol. The topological polar surface area (TPSA) is 42.9 Å². The van der Waals surface area contributed by atoms with Crippen LogP contribution < -0.4 is 0 Å². The van der Waals surface area contributed by atoms with Gasteiger partial charge in [0.05, 0.1) is 16.7 Å². The van der Waals surface area contributed by atoms with E-state index in [1.54, 1.807) is 6.20 Å². The number of hydrogen-bond acceptors (Lipinski definition) is 3. The lowest BCUT2D eigenvalue weighted by Crippen LogP contribution is -1.85. The molecule has 0 unspecified atom stereocenters. The molecule has 1 heterocycles. The standard InChI is InChI=1S/C9H8N2.C2H4O/c1-7-6-10-8-4-2-3-5-9(8)11-7;1-2-3/h2-6H,1H3;2H,1H3. The van der Waals surface area contributed by atoms with Crippen LogP contribution in [0, 0.1) is 6.92 Å². The molecule has 1 aromatic carbocycles. The number of carbonyl (C=O) groups is 1. The van der Waals surface area contributed by atoms with Gasteiger partial charge in [0.25, 0.3) is 0 Å². The van der Waals surface area contributed by atoms with Gasteiger partial charge in [-0.15, -0.1) is 0 Å². The van der Waals surface area contributed by atoms with Crippen molar-refractivity contribution in [3.05, 3.63) is 36.2 Å². The predicted molar refractivity (Wildman–Crippen MR) is 56.0 cm³/mol. The Morgan fingerprint density at radius 2 is 1.79 bits per heavy atom. The number of aryl methyl sites for hydroxylation is 1. The Labute approximate surface area is 82.8 Å². The molecule has 0 radical (unpaired) electrons. The molecule has 0 aliphatic carbocycles. The molecule has 0 spiro atoms. The summed E-state index contributed by atoms with van der Waals surface area (Å²) in [7, 11) is 0. The Hall–Kier alpha value is -1.77.